The molecule has 6 rings (SSSR count). The lowest BCUT2D eigenvalue weighted by Crippen LogP contribution is -2.35. The van der Waals surface area contributed by atoms with Gasteiger partial charge in [0.2, 0.25) is 0 Å². The molecule has 3 aliphatic rings. The molecular formula is C31H28F2N4O3. The van der Waals surface area contributed by atoms with E-state index in [0.29, 0.717) is 28.8 Å². The first kappa shape index (κ1) is 26.0. The van der Waals surface area contributed by atoms with Gasteiger partial charge in [0.05, 0.1) is 31.6 Å². The minimum atomic E-state index is -0.923. The molecule has 9 heteroatoms. The van der Waals surface area contributed by atoms with Gasteiger partial charge in [-0.25, -0.2) is 8.78 Å². The van der Waals surface area contributed by atoms with Crippen molar-refractivity contribution < 1.29 is 23.1 Å². The van der Waals surface area contributed by atoms with Gasteiger partial charge in [-0.3, -0.25) is 19.2 Å². The van der Waals surface area contributed by atoms with Crippen LogP contribution in [0.4, 0.5) is 14.5 Å². The van der Waals surface area contributed by atoms with Gasteiger partial charge in [0.25, 0.3) is 5.91 Å². The van der Waals surface area contributed by atoms with Gasteiger partial charge in [-0.2, -0.15) is 5.10 Å². The topological polar surface area (TPSA) is 76.5 Å². The number of carbonyl (C=O) groups excluding carboxylic acids is 2. The summed E-state index contributed by atoms with van der Waals surface area (Å²) in [7, 11) is 0. The summed E-state index contributed by atoms with van der Waals surface area (Å²) in [5.41, 5.74) is 6.40. The lowest BCUT2D eigenvalue weighted by molar-refractivity contribution is -0.114. The van der Waals surface area contributed by atoms with Crippen LogP contribution in [-0.4, -0.2) is 52.7 Å². The van der Waals surface area contributed by atoms with Crippen LogP contribution in [0.3, 0.4) is 0 Å². The predicted molar refractivity (Wildman–Crippen MR) is 146 cm³/mol. The Balaban J connectivity index is 1.12. The SMILES string of the molecule is O=C1CC=C(C(=O)Nc2cnn(Cc3ccc(F)c(F)c3)c2)C=C1C1=Cc2cc(CN3CCOCC3)ccc2C1. The highest BCUT2D eigenvalue weighted by Crippen LogP contribution is 2.33. The van der Waals surface area contributed by atoms with Crippen molar-refractivity contribution in [3.63, 3.8) is 0 Å². The van der Waals surface area contributed by atoms with Crippen molar-refractivity contribution in [2.24, 2.45) is 0 Å². The van der Waals surface area contributed by atoms with Crippen LogP contribution in [0.25, 0.3) is 6.08 Å². The summed E-state index contributed by atoms with van der Waals surface area (Å²) in [6.45, 7) is 4.45. The van der Waals surface area contributed by atoms with Crippen LogP contribution in [-0.2, 0) is 33.8 Å². The van der Waals surface area contributed by atoms with Gasteiger partial charge in [-0.1, -0.05) is 36.4 Å². The lowest BCUT2D eigenvalue weighted by atomic mass is 9.91. The molecule has 0 bridgehead atoms. The molecule has 1 saturated heterocycles. The third-order valence-corrected chi connectivity index (χ3v) is 7.37. The molecule has 1 fully saturated rings. The minimum Gasteiger partial charge on any atom is -0.379 e. The van der Waals surface area contributed by atoms with Crippen LogP contribution < -0.4 is 5.32 Å². The Morgan fingerprint density at radius 2 is 1.80 bits per heavy atom. The molecule has 40 heavy (non-hydrogen) atoms. The van der Waals surface area contributed by atoms with Crippen molar-refractivity contribution in [2.45, 2.75) is 25.9 Å². The van der Waals surface area contributed by atoms with Gasteiger partial charge in [0.15, 0.2) is 17.4 Å². The fourth-order valence-electron chi connectivity index (χ4n) is 5.25. The molecule has 2 aliphatic carbocycles. The van der Waals surface area contributed by atoms with Crippen LogP contribution in [0.1, 0.15) is 28.7 Å². The maximum absolute atomic E-state index is 13.5. The number of morpholine rings is 1. The monoisotopic (exact) mass is 542 g/mol. The maximum atomic E-state index is 13.5. The molecular weight excluding hydrogens is 514 g/mol. The second-order valence-electron chi connectivity index (χ2n) is 10.2. The second kappa shape index (κ2) is 11.1. The molecule has 2 heterocycles. The number of halogens is 2. The van der Waals surface area contributed by atoms with E-state index in [-0.39, 0.29) is 24.7 Å². The summed E-state index contributed by atoms with van der Waals surface area (Å²) >= 11 is 0. The van der Waals surface area contributed by atoms with Crippen LogP contribution in [0.2, 0.25) is 0 Å². The highest BCUT2D eigenvalue weighted by molar-refractivity contribution is 6.12. The van der Waals surface area contributed by atoms with Gasteiger partial charge >= 0.3 is 0 Å². The van der Waals surface area contributed by atoms with E-state index in [1.165, 1.54) is 28.1 Å². The van der Waals surface area contributed by atoms with E-state index < -0.39 is 11.6 Å². The van der Waals surface area contributed by atoms with Crippen molar-refractivity contribution in [1.29, 1.82) is 0 Å². The normalized spacial score (nSPS) is 17.2. The van der Waals surface area contributed by atoms with Crippen LogP contribution >= 0.6 is 0 Å². The number of amides is 1. The molecule has 1 aliphatic heterocycles. The van der Waals surface area contributed by atoms with E-state index in [1.54, 1.807) is 18.3 Å². The lowest BCUT2D eigenvalue weighted by Gasteiger charge is -2.26. The van der Waals surface area contributed by atoms with E-state index in [1.807, 2.05) is 0 Å². The number of hydrogen-bond donors (Lipinski definition) is 1. The summed E-state index contributed by atoms with van der Waals surface area (Å²) in [5, 5.41) is 7.01. The van der Waals surface area contributed by atoms with Crippen LogP contribution in [0.15, 0.2) is 77.7 Å². The summed E-state index contributed by atoms with van der Waals surface area (Å²) in [5.74, 6) is -2.19. The molecule has 1 aromatic heterocycles. The molecule has 2 aromatic carbocycles. The first-order valence-electron chi connectivity index (χ1n) is 13.3. The first-order chi connectivity index (χ1) is 19.4. The van der Waals surface area contributed by atoms with E-state index in [2.05, 4.69) is 39.6 Å². The molecule has 0 saturated carbocycles. The fraction of sp³-hybridized carbons (Fsp3) is 0.258. The number of hydrogen-bond acceptors (Lipinski definition) is 5. The van der Waals surface area contributed by atoms with Gasteiger partial charge in [0, 0.05) is 43.4 Å². The Morgan fingerprint density at radius 3 is 2.62 bits per heavy atom. The van der Waals surface area contributed by atoms with Crippen molar-refractivity contribution in [3.8, 4) is 0 Å². The molecule has 0 unspecified atom stereocenters. The Morgan fingerprint density at radius 1 is 1.00 bits per heavy atom. The number of allylic oxidation sites excluding steroid dienone is 3. The van der Waals surface area contributed by atoms with E-state index in [9.17, 15) is 18.4 Å². The van der Waals surface area contributed by atoms with Gasteiger partial charge in [-0.15, -0.1) is 0 Å². The van der Waals surface area contributed by atoms with Crippen molar-refractivity contribution in [3.05, 3.63) is 112 Å². The number of carbonyl (C=O) groups is 2. The molecule has 0 atom stereocenters. The maximum Gasteiger partial charge on any atom is 0.255 e. The first-order valence-corrected chi connectivity index (χ1v) is 13.3. The third kappa shape index (κ3) is 5.71. The molecule has 1 N–H and O–H groups in total. The number of nitrogens with zero attached hydrogens (tertiary/aromatic N) is 3. The Hall–Kier alpha value is -4.21. The number of nitrogens with one attached hydrogen (secondary N) is 1. The van der Waals surface area contributed by atoms with Crippen LogP contribution in [0, 0.1) is 11.6 Å². The standard InChI is InChI=1S/C31H28F2N4O3/c32-28-5-2-21(12-29(28)33)18-37-19-26(16-34-37)35-31(39)23-4-6-30(38)27(15-23)25-13-22-3-1-20(11-24(22)14-25)17-36-7-9-40-10-8-36/h1-5,11-12,14-16,19H,6-10,13,17-18H2,(H,35,39). The third-order valence-electron chi connectivity index (χ3n) is 7.37. The summed E-state index contributed by atoms with van der Waals surface area (Å²) in [4.78, 5) is 28.3. The fourth-order valence-corrected chi connectivity index (χ4v) is 5.25. The highest BCUT2D eigenvalue weighted by atomic mass is 19.2. The van der Waals surface area contributed by atoms with E-state index in [0.717, 1.165) is 56.1 Å². The largest absolute Gasteiger partial charge is 0.379 e. The highest BCUT2D eigenvalue weighted by Gasteiger charge is 2.25. The number of Topliss-reactive ketones (excluding diaryl/α,β-unsaturated/α-hetero) is 1. The van der Waals surface area contributed by atoms with Crippen LogP contribution in [0.5, 0.6) is 0 Å². The van der Waals surface area contributed by atoms with E-state index in [4.69, 9.17) is 4.74 Å². The molecule has 0 spiro atoms. The van der Waals surface area contributed by atoms with Crippen molar-refractivity contribution in [2.75, 3.05) is 31.6 Å². The predicted octanol–water partition coefficient (Wildman–Crippen LogP) is 4.45. The summed E-state index contributed by atoms with van der Waals surface area (Å²) in [6.07, 6.45) is 9.27. The minimum absolute atomic E-state index is 0.0107. The summed E-state index contributed by atoms with van der Waals surface area (Å²) in [6, 6.07) is 10.1. The average Bonchev–Trinajstić information content (AvgIpc) is 3.58. The van der Waals surface area contributed by atoms with Crippen molar-refractivity contribution in [1.82, 2.24) is 14.7 Å². The zero-order valence-corrected chi connectivity index (χ0v) is 21.8. The summed E-state index contributed by atoms with van der Waals surface area (Å²) < 4.78 is 33.7. The molecule has 7 nitrogen and oxygen atoms in total. The number of ether oxygens (including phenoxy) is 1. The molecule has 3 aromatic rings. The number of anilines is 1. The molecule has 204 valence electrons. The average molecular weight is 543 g/mol. The number of ketones is 1. The second-order valence-corrected chi connectivity index (χ2v) is 10.2. The zero-order chi connectivity index (χ0) is 27.6. The Labute approximate surface area is 230 Å². The molecule has 0 radical (unpaired) electrons. The van der Waals surface area contributed by atoms with Gasteiger partial charge < -0.3 is 10.1 Å². The Kier molecular flexibility index (Phi) is 7.23. The zero-order valence-electron chi connectivity index (χ0n) is 21.8. The Bertz CT molecular complexity index is 1580. The number of aromatic nitrogens is 2. The number of benzene rings is 2. The van der Waals surface area contributed by atoms with E-state index >= 15 is 0 Å². The number of fused-ring (bicyclic) bond motifs is 1. The van der Waals surface area contributed by atoms with Crippen molar-refractivity contribution >= 4 is 23.5 Å². The number of rotatable bonds is 7. The molecule has 1 amide bonds. The van der Waals surface area contributed by atoms with Gasteiger partial charge in [-0.05, 0) is 52.5 Å². The smallest absolute Gasteiger partial charge is 0.255 e. The quantitative estimate of drug-likeness (QED) is 0.478. The van der Waals surface area contributed by atoms with Gasteiger partial charge in [0.1, 0.15) is 0 Å².